The van der Waals surface area contributed by atoms with E-state index in [2.05, 4.69) is 26.2 Å². The molecule has 0 bridgehead atoms. The normalized spacial score (nSPS) is 11.2. The maximum atomic E-state index is 13.7. The lowest BCUT2D eigenvalue weighted by molar-refractivity contribution is 0.591. The molecule has 0 saturated carbocycles. The predicted molar refractivity (Wildman–Crippen MR) is 78.7 cm³/mol. The van der Waals surface area contributed by atoms with Crippen molar-refractivity contribution in [1.82, 2.24) is 4.98 Å². The molecule has 112 valence electrons. The first-order valence-corrected chi connectivity index (χ1v) is 7.93. The van der Waals surface area contributed by atoms with Crippen LogP contribution in [0.1, 0.15) is 0 Å². The van der Waals surface area contributed by atoms with Crippen molar-refractivity contribution in [3.8, 4) is 0 Å². The summed E-state index contributed by atoms with van der Waals surface area (Å²) in [7, 11) is -2.60. The Labute approximate surface area is 128 Å². The van der Waals surface area contributed by atoms with E-state index < -0.39 is 27.3 Å². The molecule has 5 nitrogen and oxygen atoms in total. The van der Waals surface area contributed by atoms with Crippen LogP contribution in [0.2, 0.25) is 0 Å². The fourth-order valence-electron chi connectivity index (χ4n) is 1.60. The highest BCUT2D eigenvalue weighted by Gasteiger charge is 2.21. The highest BCUT2D eigenvalue weighted by atomic mass is 79.9. The van der Waals surface area contributed by atoms with Gasteiger partial charge in [-0.25, -0.2) is 22.2 Å². The van der Waals surface area contributed by atoms with Gasteiger partial charge in [0.15, 0.2) is 0 Å². The lowest BCUT2D eigenvalue weighted by Crippen LogP contribution is -2.16. The smallest absolute Gasteiger partial charge is 0.265 e. The minimum atomic E-state index is -4.11. The standard InChI is InChI=1S/C12H10BrF2N3O2S/c1-16-12-11(3-2-4-17-12)21(19,20)18-10-6-8(14)7(13)5-9(10)15/h2-6,18H,1H3,(H,16,17). The van der Waals surface area contributed by atoms with Gasteiger partial charge in [-0.2, -0.15) is 0 Å². The fourth-order valence-corrected chi connectivity index (χ4v) is 3.13. The van der Waals surface area contributed by atoms with E-state index in [4.69, 9.17) is 0 Å². The van der Waals surface area contributed by atoms with E-state index in [0.29, 0.717) is 0 Å². The topological polar surface area (TPSA) is 71.1 Å². The van der Waals surface area contributed by atoms with Gasteiger partial charge in [-0.15, -0.1) is 0 Å². The SMILES string of the molecule is CNc1ncccc1S(=O)(=O)Nc1cc(F)c(Br)cc1F. The molecule has 21 heavy (non-hydrogen) atoms. The van der Waals surface area contributed by atoms with Crippen LogP contribution in [-0.2, 0) is 10.0 Å². The maximum Gasteiger partial charge on any atom is 0.265 e. The van der Waals surface area contributed by atoms with Crippen molar-refractivity contribution in [1.29, 1.82) is 0 Å². The summed E-state index contributed by atoms with van der Waals surface area (Å²) in [6.45, 7) is 0. The van der Waals surface area contributed by atoms with E-state index in [1.807, 2.05) is 4.72 Å². The summed E-state index contributed by atoms with van der Waals surface area (Å²) in [6, 6.07) is 4.32. The highest BCUT2D eigenvalue weighted by molar-refractivity contribution is 9.10. The number of rotatable bonds is 4. The van der Waals surface area contributed by atoms with Gasteiger partial charge in [0.2, 0.25) is 0 Å². The molecule has 2 aromatic rings. The second kappa shape index (κ2) is 5.94. The average Bonchev–Trinajstić information content (AvgIpc) is 2.44. The Hall–Kier alpha value is -1.74. The summed E-state index contributed by atoms with van der Waals surface area (Å²) in [6.07, 6.45) is 1.41. The Balaban J connectivity index is 2.45. The van der Waals surface area contributed by atoms with Crippen molar-refractivity contribution >= 4 is 37.5 Å². The molecule has 0 unspecified atom stereocenters. The summed E-state index contributed by atoms with van der Waals surface area (Å²) in [5.74, 6) is -1.58. The fraction of sp³-hybridized carbons (Fsp3) is 0.0833. The maximum absolute atomic E-state index is 13.7. The lowest BCUT2D eigenvalue weighted by Gasteiger charge is -2.12. The van der Waals surface area contributed by atoms with E-state index in [1.165, 1.54) is 25.4 Å². The van der Waals surface area contributed by atoms with Crippen molar-refractivity contribution in [2.45, 2.75) is 4.90 Å². The van der Waals surface area contributed by atoms with Gasteiger partial charge in [0.05, 0.1) is 10.2 Å². The van der Waals surface area contributed by atoms with Gasteiger partial charge in [0, 0.05) is 19.3 Å². The largest absolute Gasteiger partial charge is 0.372 e. The minimum Gasteiger partial charge on any atom is -0.372 e. The molecule has 0 radical (unpaired) electrons. The number of pyridine rings is 1. The van der Waals surface area contributed by atoms with Gasteiger partial charge in [-0.3, -0.25) is 4.72 Å². The van der Waals surface area contributed by atoms with Crippen LogP contribution in [-0.4, -0.2) is 20.4 Å². The molecule has 0 atom stereocenters. The monoisotopic (exact) mass is 377 g/mol. The van der Waals surface area contributed by atoms with Gasteiger partial charge in [-0.05, 0) is 34.1 Å². The number of nitrogens with one attached hydrogen (secondary N) is 2. The molecular formula is C12H10BrF2N3O2S. The van der Waals surface area contributed by atoms with Crippen LogP contribution >= 0.6 is 15.9 Å². The van der Waals surface area contributed by atoms with Crippen LogP contribution < -0.4 is 10.0 Å². The molecule has 1 aromatic heterocycles. The van der Waals surface area contributed by atoms with Crippen molar-refractivity contribution in [2.24, 2.45) is 0 Å². The first-order chi connectivity index (χ1) is 9.85. The van der Waals surface area contributed by atoms with Crippen LogP contribution in [0.4, 0.5) is 20.3 Å². The van der Waals surface area contributed by atoms with Crippen LogP contribution in [0.5, 0.6) is 0 Å². The molecule has 9 heteroatoms. The number of hydrogen-bond donors (Lipinski definition) is 2. The zero-order chi connectivity index (χ0) is 15.6. The first kappa shape index (κ1) is 15.6. The Morgan fingerprint density at radius 1 is 1.24 bits per heavy atom. The molecule has 0 amide bonds. The number of sulfonamides is 1. The molecule has 0 aliphatic heterocycles. The van der Waals surface area contributed by atoms with Crippen molar-refractivity contribution in [3.05, 3.63) is 46.6 Å². The van der Waals surface area contributed by atoms with Crippen molar-refractivity contribution in [2.75, 3.05) is 17.1 Å². The van der Waals surface area contributed by atoms with Gasteiger partial charge in [0.1, 0.15) is 22.3 Å². The molecule has 1 aromatic carbocycles. The number of nitrogens with zero attached hydrogens (tertiary/aromatic N) is 1. The molecule has 0 aliphatic carbocycles. The second-order valence-electron chi connectivity index (χ2n) is 3.95. The number of halogens is 3. The van der Waals surface area contributed by atoms with Crippen molar-refractivity contribution < 1.29 is 17.2 Å². The average molecular weight is 378 g/mol. The predicted octanol–water partition coefficient (Wildman–Crippen LogP) is 2.96. The summed E-state index contributed by atoms with van der Waals surface area (Å²) in [4.78, 5) is 3.68. The Kier molecular flexibility index (Phi) is 4.43. The van der Waals surface area contributed by atoms with E-state index in [1.54, 1.807) is 0 Å². The molecule has 0 spiro atoms. The van der Waals surface area contributed by atoms with E-state index in [0.717, 1.165) is 12.1 Å². The Morgan fingerprint density at radius 2 is 1.95 bits per heavy atom. The zero-order valence-corrected chi connectivity index (χ0v) is 13.1. The first-order valence-electron chi connectivity index (χ1n) is 5.65. The van der Waals surface area contributed by atoms with Gasteiger partial charge in [0.25, 0.3) is 10.0 Å². The second-order valence-corrected chi connectivity index (χ2v) is 6.46. The van der Waals surface area contributed by atoms with E-state index in [9.17, 15) is 17.2 Å². The highest BCUT2D eigenvalue weighted by Crippen LogP contribution is 2.26. The quantitative estimate of drug-likeness (QED) is 0.803. The third-order valence-electron chi connectivity index (χ3n) is 2.55. The van der Waals surface area contributed by atoms with Gasteiger partial charge >= 0.3 is 0 Å². The van der Waals surface area contributed by atoms with E-state index >= 15 is 0 Å². The summed E-state index contributed by atoms with van der Waals surface area (Å²) in [5, 5.41) is 2.62. The summed E-state index contributed by atoms with van der Waals surface area (Å²) in [5.41, 5.74) is -0.485. The number of aromatic nitrogens is 1. The number of hydrogen-bond acceptors (Lipinski definition) is 4. The zero-order valence-electron chi connectivity index (χ0n) is 10.7. The van der Waals surface area contributed by atoms with Crippen LogP contribution in [0, 0.1) is 11.6 Å². The third-order valence-corrected chi connectivity index (χ3v) is 4.56. The summed E-state index contributed by atoms with van der Waals surface area (Å²) < 4.78 is 53.5. The Bertz CT molecular complexity index is 784. The molecule has 0 saturated heterocycles. The third kappa shape index (κ3) is 3.30. The molecule has 0 aliphatic rings. The summed E-state index contributed by atoms with van der Waals surface area (Å²) >= 11 is 2.82. The number of anilines is 2. The van der Waals surface area contributed by atoms with Crippen LogP contribution in [0.15, 0.2) is 39.8 Å². The molecule has 0 fully saturated rings. The van der Waals surface area contributed by atoms with E-state index in [-0.39, 0.29) is 15.2 Å². The minimum absolute atomic E-state index is 0.0970. The molecule has 2 rings (SSSR count). The Morgan fingerprint density at radius 3 is 2.62 bits per heavy atom. The lowest BCUT2D eigenvalue weighted by atomic mass is 10.3. The van der Waals surface area contributed by atoms with Crippen LogP contribution in [0.3, 0.4) is 0 Å². The molecule has 1 heterocycles. The van der Waals surface area contributed by atoms with Crippen LogP contribution in [0.25, 0.3) is 0 Å². The van der Waals surface area contributed by atoms with Crippen molar-refractivity contribution in [3.63, 3.8) is 0 Å². The molecule has 2 N–H and O–H groups in total. The van der Waals surface area contributed by atoms with Gasteiger partial charge < -0.3 is 5.32 Å². The molecular weight excluding hydrogens is 368 g/mol. The number of benzene rings is 1. The van der Waals surface area contributed by atoms with Gasteiger partial charge in [-0.1, -0.05) is 0 Å².